The third kappa shape index (κ3) is 4.98. The predicted molar refractivity (Wildman–Crippen MR) is 87.2 cm³/mol. The fraction of sp³-hybridized carbons (Fsp3) is 0.647. The molecule has 5 heteroatoms. The van der Waals surface area contributed by atoms with E-state index in [4.69, 9.17) is 4.74 Å². The highest BCUT2D eigenvalue weighted by Gasteiger charge is 2.21. The molecule has 1 fully saturated rings. The van der Waals surface area contributed by atoms with Gasteiger partial charge in [-0.2, -0.15) is 0 Å². The van der Waals surface area contributed by atoms with E-state index in [0.717, 1.165) is 31.2 Å². The van der Waals surface area contributed by atoms with E-state index in [1.807, 2.05) is 0 Å². The Morgan fingerprint density at radius 1 is 1.23 bits per heavy atom. The first-order valence-electron chi connectivity index (χ1n) is 8.15. The minimum absolute atomic E-state index is 0.0428. The van der Waals surface area contributed by atoms with E-state index in [9.17, 15) is 10.1 Å². The molecule has 122 valence electrons. The zero-order valence-corrected chi connectivity index (χ0v) is 13.5. The minimum Gasteiger partial charge on any atom is -0.487 e. The Labute approximate surface area is 132 Å². The lowest BCUT2D eigenvalue weighted by atomic mass is 9.92. The monoisotopic (exact) mass is 306 g/mol. The molecule has 0 spiro atoms. The van der Waals surface area contributed by atoms with Crippen molar-refractivity contribution in [1.29, 1.82) is 0 Å². The molecule has 1 aromatic carbocycles. The van der Waals surface area contributed by atoms with Gasteiger partial charge in [0.2, 0.25) is 0 Å². The number of para-hydroxylation sites is 2. The molecule has 0 aliphatic carbocycles. The fourth-order valence-corrected chi connectivity index (χ4v) is 3.32. The number of nitro benzene ring substituents is 1. The van der Waals surface area contributed by atoms with E-state index in [-0.39, 0.29) is 5.69 Å². The van der Waals surface area contributed by atoms with E-state index in [1.165, 1.54) is 25.6 Å². The molecular formula is C17H26N2O3. The molecule has 1 heterocycles. The van der Waals surface area contributed by atoms with E-state index >= 15 is 0 Å². The lowest BCUT2D eigenvalue weighted by Gasteiger charge is -2.34. The van der Waals surface area contributed by atoms with E-state index in [2.05, 4.69) is 18.7 Å². The van der Waals surface area contributed by atoms with Crippen LogP contribution in [-0.4, -0.2) is 36.1 Å². The first kappa shape index (κ1) is 16.7. The molecule has 0 saturated carbocycles. The van der Waals surface area contributed by atoms with Crippen molar-refractivity contribution in [3.63, 3.8) is 0 Å². The number of nitro groups is 1. The normalized spacial score (nSPS) is 22.5. The molecule has 1 aliphatic rings. The Kier molecular flexibility index (Phi) is 6.19. The number of likely N-dealkylation sites (tertiary alicyclic amines) is 1. The van der Waals surface area contributed by atoms with Gasteiger partial charge in [-0.05, 0) is 43.7 Å². The van der Waals surface area contributed by atoms with Gasteiger partial charge in [-0.15, -0.1) is 0 Å². The van der Waals surface area contributed by atoms with Gasteiger partial charge < -0.3 is 9.64 Å². The molecule has 0 bridgehead atoms. The molecule has 2 rings (SSSR count). The maximum absolute atomic E-state index is 10.9. The van der Waals surface area contributed by atoms with Gasteiger partial charge in [-0.1, -0.05) is 26.0 Å². The summed E-state index contributed by atoms with van der Waals surface area (Å²) >= 11 is 0. The van der Waals surface area contributed by atoms with Gasteiger partial charge in [-0.3, -0.25) is 10.1 Å². The maximum Gasteiger partial charge on any atom is 0.310 e. The van der Waals surface area contributed by atoms with Crippen molar-refractivity contribution in [3.8, 4) is 5.75 Å². The lowest BCUT2D eigenvalue weighted by Crippen LogP contribution is -2.39. The highest BCUT2D eigenvalue weighted by Crippen LogP contribution is 2.26. The number of nitrogens with zero attached hydrogens (tertiary/aromatic N) is 2. The SMILES string of the molecule is C[C@H]1C[C@H](C)CN(CCCCOc2ccccc2[N+](=O)[O-])C1. The number of piperidine rings is 1. The number of benzene rings is 1. The van der Waals surface area contributed by atoms with Crippen LogP contribution < -0.4 is 4.74 Å². The van der Waals surface area contributed by atoms with Gasteiger partial charge in [0.15, 0.2) is 5.75 Å². The highest BCUT2D eigenvalue weighted by molar-refractivity contribution is 5.45. The van der Waals surface area contributed by atoms with Gasteiger partial charge in [0, 0.05) is 19.2 Å². The third-order valence-electron chi connectivity index (χ3n) is 4.13. The zero-order valence-electron chi connectivity index (χ0n) is 13.5. The fourth-order valence-electron chi connectivity index (χ4n) is 3.32. The summed E-state index contributed by atoms with van der Waals surface area (Å²) < 4.78 is 5.57. The number of hydrogen-bond donors (Lipinski definition) is 0. The molecule has 5 nitrogen and oxygen atoms in total. The van der Waals surface area contributed by atoms with Gasteiger partial charge in [-0.25, -0.2) is 0 Å². The molecule has 1 aliphatic heterocycles. The summed E-state index contributed by atoms with van der Waals surface area (Å²) in [5.41, 5.74) is 0.0428. The Hall–Kier alpha value is -1.62. The van der Waals surface area contributed by atoms with Crippen LogP contribution in [0, 0.1) is 22.0 Å². The average Bonchev–Trinajstić information content (AvgIpc) is 2.46. The molecule has 1 aromatic rings. The molecule has 0 N–H and O–H groups in total. The highest BCUT2D eigenvalue weighted by atomic mass is 16.6. The van der Waals surface area contributed by atoms with Crippen molar-refractivity contribution in [1.82, 2.24) is 4.90 Å². The molecule has 1 saturated heterocycles. The summed E-state index contributed by atoms with van der Waals surface area (Å²) in [5, 5.41) is 10.9. The van der Waals surface area contributed by atoms with Crippen LogP contribution in [0.15, 0.2) is 24.3 Å². The van der Waals surface area contributed by atoms with E-state index < -0.39 is 4.92 Å². The first-order valence-corrected chi connectivity index (χ1v) is 8.15. The topological polar surface area (TPSA) is 55.6 Å². The second-order valence-corrected chi connectivity index (χ2v) is 6.49. The van der Waals surface area contributed by atoms with Crippen LogP contribution >= 0.6 is 0 Å². The van der Waals surface area contributed by atoms with Crippen molar-refractivity contribution < 1.29 is 9.66 Å². The molecular weight excluding hydrogens is 280 g/mol. The van der Waals surface area contributed by atoms with Gasteiger partial charge in [0.05, 0.1) is 11.5 Å². The second kappa shape index (κ2) is 8.13. The molecule has 0 radical (unpaired) electrons. The van der Waals surface area contributed by atoms with Gasteiger partial charge in [0.1, 0.15) is 0 Å². The largest absolute Gasteiger partial charge is 0.487 e. The zero-order chi connectivity index (χ0) is 15.9. The van der Waals surface area contributed by atoms with Crippen LogP contribution in [-0.2, 0) is 0 Å². The van der Waals surface area contributed by atoms with Crippen molar-refractivity contribution in [2.75, 3.05) is 26.2 Å². The Morgan fingerprint density at radius 2 is 1.91 bits per heavy atom. The molecule has 0 aromatic heterocycles. The van der Waals surface area contributed by atoms with E-state index in [1.54, 1.807) is 18.2 Å². The standard InChI is InChI=1S/C17H26N2O3/c1-14-11-15(2)13-18(12-14)9-5-6-10-22-17-8-4-3-7-16(17)19(20)21/h3-4,7-8,14-15H,5-6,9-13H2,1-2H3/t14-,15-/m0/s1. The van der Waals surface area contributed by atoms with Crippen molar-refractivity contribution in [2.45, 2.75) is 33.1 Å². The Morgan fingerprint density at radius 3 is 2.59 bits per heavy atom. The van der Waals surface area contributed by atoms with Crippen LogP contribution in [0.4, 0.5) is 5.69 Å². The summed E-state index contributed by atoms with van der Waals surface area (Å²) in [4.78, 5) is 13.0. The van der Waals surface area contributed by atoms with Gasteiger partial charge in [0.25, 0.3) is 0 Å². The maximum atomic E-state index is 10.9. The van der Waals surface area contributed by atoms with E-state index in [0.29, 0.717) is 12.4 Å². The summed E-state index contributed by atoms with van der Waals surface area (Å²) in [5.74, 6) is 1.94. The van der Waals surface area contributed by atoms with Gasteiger partial charge >= 0.3 is 5.69 Å². The molecule has 0 amide bonds. The minimum atomic E-state index is -0.397. The number of unbranched alkanes of at least 4 members (excludes halogenated alkanes) is 1. The quantitative estimate of drug-likeness (QED) is 0.437. The number of hydrogen-bond acceptors (Lipinski definition) is 4. The van der Waals surface area contributed by atoms with Crippen molar-refractivity contribution in [2.24, 2.45) is 11.8 Å². The number of ether oxygens (including phenoxy) is 1. The summed E-state index contributed by atoms with van der Waals surface area (Å²) in [6, 6.07) is 6.56. The molecule has 2 atom stereocenters. The van der Waals surface area contributed by atoms with Crippen LogP contribution in [0.1, 0.15) is 33.1 Å². The van der Waals surface area contributed by atoms with Crippen LogP contribution in [0.5, 0.6) is 5.75 Å². The smallest absolute Gasteiger partial charge is 0.310 e. The summed E-state index contributed by atoms with van der Waals surface area (Å²) in [7, 11) is 0. The van der Waals surface area contributed by atoms with Crippen LogP contribution in [0.3, 0.4) is 0 Å². The molecule has 0 unspecified atom stereocenters. The Balaban J connectivity index is 1.68. The number of rotatable bonds is 7. The third-order valence-corrected chi connectivity index (χ3v) is 4.13. The predicted octanol–water partition coefficient (Wildman–Crippen LogP) is 3.73. The van der Waals surface area contributed by atoms with Crippen molar-refractivity contribution >= 4 is 5.69 Å². The summed E-state index contributed by atoms with van der Waals surface area (Å²) in [6.45, 7) is 8.64. The summed E-state index contributed by atoms with van der Waals surface area (Å²) in [6.07, 6.45) is 3.32. The van der Waals surface area contributed by atoms with Crippen LogP contribution in [0.25, 0.3) is 0 Å². The first-order chi connectivity index (χ1) is 10.6. The Bertz CT molecular complexity index is 483. The average molecular weight is 306 g/mol. The second-order valence-electron chi connectivity index (χ2n) is 6.49. The lowest BCUT2D eigenvalue weighted by molar-refractivity contribution is -0.385. The molecule has 22 heavy (non-hydrogen) atoms. The van der Waals surface area contributed by atoms with Crippen molar-refractivity contribution in [3.05, 3.63) is 34.4 Å². The van der Waals surface area contributed by atoms with Crippen LogP contribution in [0.2, 0.25) is 0 Å².